The third-order valence-electron chi connectivity index (χ3n) is 3.58. The van der Waals surface area contributed by atoms with Crippen molar-refractivity contribution in [2.24, 2.45) is 7.05 Å². The van der Waals surface area contributed by atoms with Gasteiger partial charge in [0.1, 0.15) is 12.4 Å². The minimum Gasteiger partial charge on any atom is -0.479 e. The minimum atomic E-state index is -1.66. The first-order valence-electron chi connectivity index (χ1n) is 7.62. The number of aromatic nitrogens is 2. The summed E-state index contributed by atoms with van der Waals surface area (Å²) in [4.78, 5) is 12.2. The molecule has 142 valence electrons. The molecular weight excluding hydrogens is 370 g/mol. The number of rotatable bonds is 5. The van der Waals surface area contributed by atoms with Crippen LogP contribution in [0, 0.1) is 30.2 Å². The van der Waals surface area contributed by atoms with Crippen molar-refractivity contribution < 1.29 is 31.5 Å². The molecule has 0 saturated heterocycles. The van der Waals surface area contributed by atoms with Gasteiger partial charge in [0.2, 0.25) is 11.6 Å². The third kappa shape index (κ3) is 3.78. The summed E-state index contributed by atoms with van der Waals surface area (Å²) in [6, 6.07) is 2.72. The summed E-state index contributed by atoms with van der Waals surface area (Å²) in [5.74, 6) is -8.36. The number of nitrogens with zero attached hydrogens (tertiary/aromatic N) is 2. The average molecular weight is 383 g/mol. The Morgan fingerprint density at radius 3 is 2.48 bits per heavy atom. The lowest BCUT2D eigenvalue weighted by molar-refractivity contribution is 0.0992. The molecule has 0 bridgehead atoms. The highest BCUT2D eigenvalue weighted by Gasteiger charge is 2.21. The van der Waals surface area contributed by atoms with Crippen LogP contribution in [0.25, 0.3) is 0 Å². The van der Waals surface area contributed by atoms with Crippen LogP contribution in [0.2, 0.25) is 0 Å². The maximum atomic E-state index is 13.6. The van der Waals surface area contributed by atoms with Crippen LogP contribution in [0.5, 0.6) is 5.75 Å². The van der Waals surface area contributed by atoms with Gasteiger partial charge in [0.15, 0.2) is 23.1 Å². The van der Waals surface area contributed by atoms with E-state index in [1.54, 1.807) is 20.2 Å². The second-order valence-corrected chi connectivity index (χ2v) is 5.61. The number of hydrogen-bond acceptors (Lipinski definition) is 4. The van der Waals surface area contributed by atoms with E-state index in [1.807, 2.05) is 0 Å². The van der Waals surface area contributed by atoms with Gasteiger partial charge in [0.25, 0.3) is 5.91 Å². The topological polar surface area (TPSA) is 69.3 Å². The van der Waals surface area contributed by atoms with Crippen LogP contribution in [-0.4, -0.2) is 15.7 Å². The molecule has 0 spiro atoms. The second kappa shape index (κ2) is 7.14. The van der Waals surface area contributed by atoms with Crippen LogP contribution in [-0.2, 0) is 13.7 Å². The van der Waals surface area contributed by atoms with E-state index in [0.717, 1.165) is 0 Å². The molecular formula is C17H13F4N3O3. The zero-order chi connectivity index (χ0) is 19.7. The van der Waals surface area contributed by atoms with Crippen molar-refractivity contribution in [3.8, 4) is 5.75 Å². The Balaban J connectivity index is 1.70. The van der Waals surface area contributed by atoms with Crippen LogP contribution in [0.4, 0.5) is 23.2 Å². The molecule has 0 saturated carbocycles. The first kappa shape index (κ1) is 18.5. The number of aryl methyl sites for hydroxylation is 2. The Labute approximate surface area is 150 Å². The molecule has 1 aromatic carbocycles. The van der Waals surface area contributed by atoms with Crippen LogP contribution in [0.15, 0.2) is 28.8 Å². The maximum absolute atomic E-state index is 13.6. The van der Waals surface area contributed by atoms with E-state index in [4.69, 9.17) is 9.15 Å². The maximum Gasteiger partial charge on any atom is 0.291 e. The van der Waals surface area contributed by atoms with Crippen molar-refractivity contribution in [1.29, 1.82) is 0 Å². The Morgan fingerprint density at radius 1 is 1.22 bits per heavy atom. The zero-order valence-corrected chi connectivity index (χ0v) is 14.1. The van der Waals surface area contributed by atoms with Crippen LogP contribution < -0.4 is 10.1 Å². The number of ether oxygens (including phenoxy) is 1. The van der Waals surface area contributed by atoms with Gasteiger partial charge < -0.3 is 14.5 Å². The number of benzene rings is 1. The van der Waals surface area contributed by atoms with Gasteiger partial charge in [0, 0.05) is 19.3 Å². The van der Waals surface area contributed by atoms with E-state index < -0.39 is 41.5 Å². The summed E-state index contributed by atoms with van der Waals surface area (Å²) in [5, 5.41) is 6.67. The van der Waals surface area contributed by atoms with Crippen molar-refractivity contribution in [2.45, 2.75) is 13.5 Å². The van der Waals surface area contributed by atoms with Gasteiger partial charge in [-0.15, -0.1) is 0 Å². The number of anilines is 1. The predicted molar refractivity (Wildman–Crippen MR) is 85.2 cm³/mol. The summed E-state index contributed by atoms with van der Waals surface area (Å²) in [6.45, 7) is 1.16. The van der Waals surface area contributed by atoms with Gasteiger partial charge in [-0.3, -0.25) is 9.48 Å². The van der Waals surface area contributed by atoms with E-state index in [0.29, 0.717) is 11.4 Å². The van der Waals surface area contributed by atoms with Crippen LogP contribution in [0.1, 0.15) is 22.0 Å². The van der Waals surface area contributed by atoms with Gasteiger partial charge in [-0.1, -0.05) is 0 Å². The fourth-order valence-corrected chi connectivity index (χ4v) is 2.31. The summed E-state index contributed by atoms with van der Waals surface area (Å²) in [6.07, 6.45) is 1.60. The number of halogens is 4. The number of carbonyl (C=O) groups is 1. The molecule has 3 aromatic rings. The predicted octanol–water partition coefficient (Wildman–Crippen LogP) is 3.71. The molecule has 0 atom stereocenters. The molecule has 1 amide bonds. The Morgan fingerprint density at radius 2 is 1.89 bits per heavy atom. The molecule has 0 aliphatic rings. The number of hydrogen-bond donors (Lipinski definition) is 1. The third-order valence-corrected chi connectivity index (χ3v) is 3.58. The molecule has 0 aliphatic carbocycles. The fourth-order valence-electron chi connectivity index (χ4n) is 2.31. The monoisotopic (exact) mass is 383 g/mol. The van der Waals surface area contributed by atoms with Gasteiger partial charge in [-0.2, -0.15) is 13.9 Å². The quantitative estimate of drug-likeness (QED) is 0.539. The SMILES string of the molecule is Cc1nn(C)cc1NC(=O)c1ccc(COc2c(F)c(F)cc(F)c2F)o1. The summed E-state index contributed by atoms with van der Waals surface area (Å²) in [5.41, 5.74) is 1.08. The zero-order valence-electron chi connectivity index (χ0n) is 14.1. The Kier molecular flexibility index (Phi) is 4.89. The molecule has 2 heterocycles. The number of nitrogens with one attached hydrogen (secondary N) is 1. The Hall–Kier alpha value is -3.30. The Bertz CT molecular complexity index is 987. The van der Waals surface area contributed by atoms with E-state index in [9.17, 15) is 22.4 Å². The molecule has 0 aliphatic heterocycles. The summed E-state index contributed by atoms with van der Waals surface area (Å²) >= 11 is 0. The highest BCUT2D eigenvalue weighted by atomic mass is 19.2. The van der Waals surface area contributed by atoms with Crippen molar-refractivity contribution in [1.82, 2.24) is 9.78 Å². The molecule has 1 N–H and O–H groups in total. The lowest BCUT2D eigenvalue weighted by Crippen LogP contribution is -2.11. The van der Waals surface area contributed by atoms with E-state index in [-0.39, 0.29) is 17.6 Å². The molecule has 10 heteroatoms. The highest BCUT2D eigenvalue weighted by molar-refractivity contribution is 6.02. The molecule has 0 fully saturated rings. The average Bonchev–Trinajstić information content (AvgIpc) is 3.20. The van der Waals surface area contributed by atoms with Crippen molar-refractivity contribution >= 4 is 11.6 Å². The van der Waals surface area contributed by atoms with Crippen molar-refractivity contribution in [3.05, 3.63) is 64.9 Å². The van der Waals surface area contributed by atoms with E-state index in [2.05, 4.69) is 10.4 Å². The molecule has 6 nitrogen and oxygen atoms in total. The number of furan rings is 1. The smallest absolute Gasteiger partial charge is 0.291 e. The van der Waals surface area contributed by atoms with E-state index in [1.165, 1.54) is 16.8 Å². The molecule has 0 radical (unpaired) electrons. The van der Waals surface area contributed by atoms with Gasteiger partial charge in [-0.25, -0.2) is 8.78 Å². The standard InChI is InChI=1S/C17H13F4N3O3/c1-8-12(6-24(2)23-8)22-17(25)13-4-3-9(27-13)7-26-16-14(20)10(18)5-11(19)15(16)21/h3-6H,7H2,1-2H3,(H,22,25). The van der Waals surface area contributed by atoms with Gasteiger partial charge >= 0.3 is 0 Å². The highest BCUT2D eigenvalue weighted by Crippen LogP contribution is 2.27. The molecule has 3 rings (SSSR count). The van der Waals surface area contributed by atoms with Gasteiger partial charge in [-0.05, 0) is 19.1 Å². The fraction of sp³-hybridized carbons (Fsp3) is 0.176. The molecule has 2 aromatic heterocycles. The molecule has 27 heavy (non-hydrogen) atoms. The summed E-state index contributed by atoms with van der Waals surface area (Å²) in [7, 11) is 1.69. The van der Waals surface area contributed by atoms with Crippen LogP contribution >= 0.6 is 0 Å². The van der Waals surface area contributed by atoms with Crippen molar-refractivity contribution in [2.75, 3.05) is 5.32 Å². The van der Waals surface area contributed by atoms with E-state index >= 15 is 0 Å². The van der Waals surface area contributed by atoms with Gasteiger partial charge in [0.05, 0.1) is 11.4 Å². The first-order chi connectivity index (χ1) is 12.8. The lowest BCUT2D eigenvalue weighted by Gasteiger charge is -2.08. The molecule has 0 unspecified atom stereocenters. The van der Waals surface area contributed by atoms with Crippen LogP contribution in [0.3, 0.4) is 0 Å². The second-order valence-electron chi connectivity index (χ2n) is 5.61. The minimum absolute atomic E-state index is 0.0199. The largest absolute Gasteiger partial charge is 0.479 e. The summed E-state index contributed by atoms with van der Waals surface area (Å²) < 4.78 is 64.9. The number of amides is 1. The first-order valence-corrected chi connectivity index (χ1v) is 7.62. The van der Waals surface area contributed by atoms with Crippen molar-refractivity contribution in [3.63, 3.8) is 0 Å². The number of carbonyl (C=O) groups excluding carboxylic acids is 1. The lowest BCUT2D eigenvalue weighted by atomic mass is 10.3. The normalized spacial score (nSPS) is 10.9.